The molecule has 1 saturated carbocycles. The molecule has 4 aromatic rings. The van der Waals surface area contributed by atoms with E-state index in [1.54, 1.807) is 42.5 Å². The topological polar surface area (TPSA) is 175 Å². The van der Waals surface area contributed by atoms with Gasteiger partial charge in [-0.2, -0.15) is 10.1 Å². The predicted molar refractivity (Wildman–Crippen MR) is 194 cm³/mol. The standard InChI is InChI=1S/C38H43ClN6O6/c1-22-19-28(35(48)49)15-18-30(22)25-9-5-23(6-10-25)20-31(34(47)41-29-16-13-26(14-17-29)32-43-36(39)45-44-32)42-33(46)27-11-7-24(8-12-27)21-40-37(50)51-38(2,3)4/h5-6,9-10,13-19,24,27,31H,7-8,11-12,20-21H2,1-4H3,(H,40,50)(H,41,47)(H,42,46)(H,48,49)(H,43,44,45)/t24?,27?,31-/m0/s1. The summed E-state index contributed by atoms with van der Waals surface area (Å²) in [4.78, 5) is 54.9. The highest BCUT2D eigenvalue weighted by atomic mass is 35.5. The van der Waals surface area contributed by atoms with Crippen molar-refractivity contribution in [1.82, 2.24) is 25.8 Å². The van der Waals surface area contributed by atoms with Crippen LogP contribution in [0.4, 0.5) is 10.5 Å². The first-order valence-corrected chi connectivity index (χ1v) is 17.3. The molecule has 51 heavy (non-hydrogen) atoms. The lowest BCUT2D eigenvalue weighted by Crippen LogP contribution is -2.48. The number of ether oxygens (including phenoxy) is 1. The first-order chi connectivity index (χ1) is 24.2. The number of alkyl carbamates (subject to hydrolysis) is 1. The molecule has 5 N–H and O–H groups in total. The van der Waals surface area contributed by atoms with Gasteiger partial charge in [0, 0.05) is 30.1 Å². The number of carbonyl (C=O) groups is 4. The van der Waals surface area contributed by atoms with Crippen LogP contribution in [-0.2, 0) is 20.7 Å². The molecular formula is C38H43ClN6O6. The fraction of sp³-hybridized carbons (Fsp3) is 0.368. The molecule has 5 rings (SSSR count). The Bertz CT molecular complexity index is 1860. The number of hydrogen-bond donors (Lipinski definition) is 5. The fourth-order valence-electron chi connectivity index (χ4n) is 6.15. The van der Waals surface area contributed by atoms with Gasteiger partial charge in [0.05, 0.1) is 5.56 Å². The second-order valence-electron chi connectivity index (χ2n) is 13.9. The highest BCUT2D eigenvalue weighted by Gasteiger charge is 2.30. The number of benzene rings is 3. The summed E-state index contributed by atoms with van der Waals surface area (Å²) >= 11 is 5.86. The van der Waals surface area contributed by atoms with Gasteiger partial charge >= 0.3 is 12.1 Å². The summed E-state index contributed by atoms with van der Waals surface area (Å²) in [5.74, 6) is -1.13. The number of aromatic nitrogens is 3. The Morgan fingerprint density at radius 3 is 2.22 bits per heavy atom. The van der Waals surface area contributed by atoms with Gasteiger partial charge in [-0.3, -0.25) is 9.59 Å². The summed E-state index contributed by atoms with van der Waals surface area (Å²) in [6, 6.07) is 18.8. The Morgan fingerprint density at radius 1 is 0.961 bits per heavy atom. The Balaban J connectivity index is 1.25. The number of anilines is 1. The molecule has 0 unspecified atom stereocenters. The lowest BCUT2D eigenvalue weighted by molar-refractivity contribution is -0.130. The van der Waals surface area contributed by atoms with Crippen LogP contribution in [0.1, 0.15) is 67.9 Å². The Hall–Kier alpha value is -5.23. The molecule has 1 fully saturated rings. The van der Waals surface area contributed by atoms with Crippen molar-refractivity contribution in [3.63, 3.8) is 0 Å². The third kappa shape index (κ3) is 10.4. The van der Waals surface area contributed by atoms with E-state index in [9.17, 15) is 24.3 Å². The van der Waals surface area contributed by atoms with Crippen LogP contribution in [0, 0.1) is 18.8 Å². The Labute approximate surface area is 301 Å². The van der Waals surface area contributed by atoms with Crippen molar-refractivity contribution in [1.29, 1.82) is 0 Å². The van der Waals surface area contributed by atoms with Crippen LogP contribution >= 0.6 is 11.6 Å². The van der Waals surface area contributed by atoms with Gasteiger partial charge in [0.1, 0.15) is 11.6 Å². The van der Waals surface area contributed by atoms with Gasteiger partial charge in [-0.05, 0) is 130 Å². The van der Waals surface area contributed by atoms with Gasteiger partial charge in [-0.1, -0.05) is 30.3 Å². The van der Waals surface area contributed by atoms with E-state index < -0.39 is 23.7 Å². The lowest BCUT2D eigenvalue weighted by atomic mass is 9.81. The summed E-state index contributed by atoms with van der Waals surface area (Å²) < 4.78 is 5.34. The van der Waals surface area contributed by atoms with E-state index in [0.29, 0.717) is 36.5 Å². The van der Waals surface area contributed by atoms with Crippen molar-refractivity contribution in [3.05, 3.63) is 88.7 Å². The van der Waals surface area contributed by atoms with Crippen molar-refractivity contribution < 1.29 is 29.0 Å². The highest BCUT2D eigenvalue weighted by molar-refractivity contribution is 6.28. The van der Waals surface area contributed by atoms with E-state index in [4.69, 9.17) is 16.3 Å². The smallest absolute Gasteiger partial charge is 0.407 e. The van der Waals surface area contributed by atoms with Gasteiger partial charge < -0.3 is 25.8 Å². The van der Waals surface area contributed by atoms with Crippen LogP contribution < -0.4 is 16.0 Å². The van der Waals surface area contributed by atoms with Gasteiger partial charge in [0.15, 0.2) is 5.82 Å². The van der Waals surface area contributed by atoms with E-state index in [1.165, 1.54) is 0 Å². The molecule has 12 nitrogen and oxygen atoms in total. The summed E-state index contributed by atoms with van der Waals surface area (Å²) in [7, 11) is 0. The lowest BCUT2D eigenvalue weighted by Gasteiger charge is -2.29. The summed E-state index contributed by atoms with van der Waals surface area (Å²) in [5.41, 5.74) is 4.39. The quantitative estimate of drug-likeness (QED) is 0.113. The Morgan fingerprint density at radius 2 is 1.63 bits per heavy atom. The molecule has 0 saturated heterocycles. The molecule has 0 radical (unpaired) electrons. The minimum Gasteiger partial charge on any atom is -0.478 e. The maximum absolute atomic E-state index is 13.7. The van der Waals surface area contributed by atoms with Crippen molar-refractivity contribution in [2.24, 2.45) is 11.8 Å². The van der Waals surface area contributed by atoms with Crippen LogP contribution in [0.5, 0.6) is 0 Å². The number of aromatic carboxylic acids is 1. The molecule has 0 aliphatic heterocycles. The number of H-pyrrole nitrogens is 1. The number of carbonyl (C=O) groups excluding carboxylic acids is 3. The number of halogens is 1. The number of hydrogen-bond acceptors (Lipinski definition) is 7. The molecule has 13 heteroatoms. The van der Waals surface area contributed by atoms with Gasteiger partial charge in [0.25, 0.3) is 0 Å². The largest absolute Gasteiger partial charge is 0.478 e. The molecule has 3 amide bonds. The van der Waals surface area contributed by atoms with Crippen LogP contribution in [-0.4, -0.2) is 62.4 Å². The van der Waals surface area contributed by atoms with Crippen molar-refractivity contribution in [3.8, 4) is 22.5 Å². The van der Waals surface area contributed by atoms with E-state index in [2.05, 4.69) is 31.1 Å². The summed E-state index contributed by atoms with van der Waals surface area (Å²) in [6.45, 7) is 7.80. The number of rotatable bonds is 11. The maximum Gasteiger partial charge on any atom is 0.407 e. The molecule has 1 atom stereocenters. The number of carboxylic acids is 1. The van der Waals surface area contributed by atoms with E-state index in [1.807, 2.05) is 52.0 Å². The summed E-state index contributed by atoms with van der Waals surface area (Å²) in [5, 5.41) is 24.9. The maximum atomic E-state index is 13.7. The van der Waals surface area contributed by atoms with Gasteiger partial charge in [-0.25, -0.2) is 14.7 Å². The van der Waals surface area contributed by atoms with Crippen LogP contribution in [0.3, 0.4) is 0 Å². The number of aromatic amines is 1. The zero-order valence-corrected chi connectivity index (χ0v) is 29.8. The highest BCUT2D eigenvalue weighted by Crippen LogP contribution is 2.29. The normalized spacial score (nSPS) is 16.5. The Kier molecular flexibility index (Phi) is 11.8. The molecule has 1 heterocycles. The third-order valence-corrected chi connectivity index (χ3v) is 9.00. The van der Waals surface area contributed by atoms with E-state index >= 15 is 0 Å². The second-order valence-corrected chi connectivity index (χ2v) is 14.3. The van der Waals surface area contributed by atoms with Crippen LogP contribution in [0.15, 0.2) is 66.7 Å². The van der Waals surface area contributed by atoms with Crippen molar-refractivity contribution >= 4 is 41.2 Å². The van der Waals surface area contributed by atoms with E-state index in [-0.39, 0.29) is 40.9 Å². The third-order valence-electron chi connectivity index (χ3n) is 8.83. The van der Waals surface area contributed by atoms with Crippen LogP contribution in [0.25, 0.3) is 22.5 Å². The number of nitrogens with zero attached hydrogens (tertiary/aromatic N) is 2. The van der Waals surface area contributed by atoms with Crippen LogP contribution in [0.2, 0.25) is 5.28 Å². The second kappa shape index (κ2) is 16.2. The zero-order valence-electron chi connectivity index (χ0n) is 29.1. The molecule has 0 bridgehead atoms. The van der Waals surface area contributed by atoms with Gasteiger partial charge in [-0.15, -0.1) is 0 Å². The molecular weight excluding hydrogens is 672 g/mol. The monoisotopic (exact) mass is 714 g/mol. The average molecular weight is 715 g/mol. The first-order valence-electron chi connectivity index (χ1n) is 16.9. The minimum absolute atomic E-state index is 0.172. The molecule has 1 aliphatic carbocycles. The average Bonchev–Trinajstić information content (AvgIpc) is 3.53. The van der Waals surface area contributed by atoms with E-state index in [0.717, 1.165) is 35.1 Å². The van der Waals surface area contributed by atoms with Gasteiger partial charge in [0.2, 0.25) is 17.1 Å². The molecule has 0 spiro atoms. The predicted octanol–water partition coefficient (Wildman–Crippen LogP) is 6.80. The fourth-order valence-corrected chi connectivity index (χ4v) is 6.27. The molecule has 268 valence electrons. The summed E-state index contributed by atoms with van der Waals surface area (Å²) in [6.07, 6.45) is 2.61. The number of carboxylic acid groups (broad SMARTS) is 1. The minimum atomic E-state index is -0.981. The SMILES string of the molecule is Cc1cc(C(=O)O)ccc1-c1ccc(C[C@H](NC(=O)C2CCC(CNC(=O)OC(C)(C)C)CC2)C(=O)Nc2ccc(-c3n[nH]c(Cl)n3)cc2)cc1. The van der Waals surface area contributed by atoms with Crippen molar-refractivity contribution in [2.75, 3.05) is 11.9 Å². The number of aryl methyl sites for hydroxylation is 1. The molecule has 3 aromatic carbocycles. The molecule has 1 aromatic heterocycles. The zero-order chi connectivity index (χ0) is 36.7. The number of nitrogens with one attached hydrogen (secondary N) is 4. The molecule has 1 aliphatic rings. The van der Waals surface area contributed by atoms with Crippen molar-refractivity contribution in [2.45, 2.75) is 71.4 Å². The number of amides is 3. The first kappa shape index (κ1) is 37.0.